The molecule has 4 heteroatoms. The minimum Gasteiger partial charge on any atom is -0.389 e. The first-order valence-corrected chi connectivity index (χ1v) is 6.89. The Morgan fingerprint density at radius 1 is 1.39 bits per heavy atom. The number of ether oxygens (including phenoxy) is 1. The van der Waals surface area contributed by atoms with Gasteiger partial charge in [-0.1, -0.05) is 18.2 Å². The van der Waals surface area contributed by atoms with E-state index >= 15 is 0 Å². The van der Waals surface area contributed by atoms with E-state index in [1.165, 1.54) is 15.6 Å². The summed E-state index contributed by atoms with van der Waals surface area (Å²) in [6.45, 7) is 1.86. The Labute approximate surface area is 112 Å². The van der Waals surface area contributed by atoms with Crippen molar-refractivity contribution < 1.29 is 9.84 Å². The van der Waals surface area contributed by atoms with Crippen LogP contribution in [0.5, 0.6) is 0 Å². The lowest BCUT2D eigenvalue weighted by molar-refractivity contribution is 0.0420. The molecule has 2 aromatic rings. The molecule has 0 radical (unpaired) electrons. The van der Waals surface area contributed by atoms with Crippen molar-refractivity contribution in [1.29, 1.82) is 0 Å². The summed E-state index contributed by atoms with van der Waals surface area (Å²) in [7, 11) is 3.63. The van der Waals surface area contributed by atoms with Gasteiger partial charge in [-0.05, 0) is 29.4 Å². The molecule has 1 unspecified atom stereocenters. The Balaban J connectivity index is 2.00. The van der Waals surface area contributed by atoms with Gasteiger partial charge in [0.2, 0.25) is 0 Å². The van der Waals surface area contributed by atoms with E-state index in [2.05, 4.69) is 34.5 Å². The molecule has 18 heavy (non-hydrogen) atoms. The van der Waals surface area contributed by atoms with Gasteiger partial charge in [-0.2, -0.15) is 0 Å². The molecule has 1 N–H and O–H groups in total. The second-order valence-electron chi connectivity index (χ2n) is 4.56. The molecule has 0 saturated carbocycles. The Morgan fingerprint density at radius 3 is 2.94 bits per heavy atom. The lowest BCUT2D eigenvalue weighted by atomic mass is 10.1. The van der Waals surface area contributed by atoms with Crippen LogP contribution < -0.4 is 0 Å². The highest BCUT2D eigenvalue weighted by Crippen LogP contribution is 2.26. The van der Waals surface area contributed by atoms with E-state index in [0.717, 1.165) is 6.54 Å². The third-order valence-corrected chi connectivity index (χ3v) is 3.90. The van der Waals surface area contributed by atoms with Gasteiger partial charge in [-0.3, -0.25) is 4.90 Å². The molecule has 3 nitrogen and oxygen atoms in total. The molecule has 1 atom stereocenters. The molecule has 0 bridgehead atoms. The van der Waals surface area contributed by atoms with Crippen molar-refractivity contribution in [1.82, 2.24) is 4.90 Å². The number of hydrogen-bond acceptors (Lipinski definition) is 4. The first-order valence-electron chi connectivity index (χ1n) is 6.01. The van der Waals surface area contributed by atoms with Gasteiger partial charge in [0, 0.05) is 24.9 Å². The van der Waals surface area contributed by atoms with Gasteiger partial charge in [-0.25, -0.2) is 0 Å². The van der Waals surface area contributed by atoms with Crippen molar-refractivity contribution >= 4 is 21.4 Å². The number of hydrogen-bond donors (Lipinski definition) is 1. The predicted molar refractivity (Wildman–Crippen MR) is 76.0 cm³/mol. The third-order valence-electron chi connectivity index (χ3n) is 2.88. The second kappa shape index (κ2) is 6.29. The summed E-state index contributed by atoms with van der Waals surface area (Å²) in [6, 6.07) is 8.43. The monoisotopic (exact) mass is 265 g/mol. The van der Waals surface area contributed by atoms with Crippen molar-refractivity contribution in [2.45, 2.75) is 12.6 Å². The molecular formula is C14H19NO2S. The van der Waals surface area contributed by atoms with Crippen LogP contribution >= 0.6 is 11.3 Å². The maximum absolute atomic E-state index is 9.70. The maximum atomic E-state index is 9.70. The van der Waals surface area contributed by atoms with Gasteiger partial charge < -0.3 is 9.84 Å². The van der Waals surface area contributed by atoms with Crippen molar-refractivity contribution in [3.05, 3.63) is 35.2 Å². The van der Waals surface area contributed by atoms with E-state index in [1.54, 1.807) is 18.4 Å². The molecule has 0 aliphatic heterocycles. The zero-order valence-electron chi connectivity index (χ0n) is 10.8. The quantitative estimate of drug-likeness (QED) is 0.870. The Bertz CT molecular complexity index is 497. The summed E-state index contributed by atoms with van der Waals surface area (Å²) in [6.07, 6.45) is -0.426. The predicted octanol–water partition coefficient (Wildman–Crippen LogP) is 2.34. The molecule has 0 amide bonds. The van der Waals surface area contributed by atoms with E-state index in [1.807, 2.05) is 7.05 Å². The number of aliphatic hydroxyl groups excluding tert-OH is 1. The molecule has 98 valence electrons. The molecule has 0 fully saturated rings. The van der Waals surface area contributed by atoms with E-state index < -0.39 is 6.10 Å². The molecule has 1 aromatic carbocycles. The number of benzene rings is 1. The number of likely N-dealkylation sites (N-methyl/N-ethyl adjacent to an activating group) is 1. The van der Waals surface area contributed by atoms with Crippen LogP contribution in [0.4, 0.5) is 0 Å². The van der Waals surface area contributed by atoms with Crippen LogP contribution in [-0.2, 0) is 11.3 Å². The number of thiophene rings is 1. The van der Waals surface area contributed by atoms with Gasteiger partial charge in [0.15, 0.2) is 0 Å². The van der Waals surface area contributed by atoms with Crippen molar-refractivity contribution in [3.8, 4) is 0 Å². The molecule has 0 spiro atoms. The minimum absolute atomic E-state index is 0.384. The zero-order valence-corrected chi connectivity index (χ0v) is 11.6. The van der Waals surface area contributed by atoms with Crippen LogP contribution in [0.3, 0.4) is 0 Å². The van der Waals surface area contributed by atoms with E-state index in [0.29, 0.717) is 13.2 Å². The zero-order chi connectivity index (χ0) is 13.0. The SMILES string of the molecule is COCC(O)CN(C)Cc1csc2ccccc12. The summed E-state index contributed by atoms with van der Waals surface area (Å²) >= 11 is 1.77. The molecule has 0 aliphatic rings. The lowest BCUT2D eigenvalue weighted by Gasteiger charge is -2.19. The fourth-order valence-electron chi connectivity index (χ4n) is 2.12. The lowest BCUT2D eigenvalue weighted by Crippen LogP contribution is -2.31. The maximum Gasteiger partial charge on any atom is 0.0900 e. The molecule has 1 heterocycles. The fraction of sp³-hybridized carbons (Fsp3) is 0.429. The van der Waals surface area contributed by atoms with Gasteiger partial charge in [-0.15, -0.1) is 11.3 Å². The van der Waals surface area contributed by atoms with E-state index in [9.17, 15) is 5.11 Å². The molecule has 1 aromatic heterocycles. The van der Waals surface area contributed by atoms with E-state index in [4.69, 9.17) is 4.74 Å². The summed E-state index contributed by atoms with van der Waals surface area (Å²) in [5, 5.41) is 13.2. The summed E-state index contributed by atoms with van der Waals surface area (Å²) < 4.78 is 6.25. The molecular weight excluding hydrogens is 246 g/mol. The normalized spacial score (nSPS) is 13.3. The van der Waals surface area contributed by atoms with E-state index in [-0.39, 0.29) is 0 Å². The van der Waals surface area contributed by atoms with Crippen molar-refractivity contribution in [2.75, 3.05) is 27.3 Å². The Kier molecular flexibility index (Phi) is 4.72. The van der Waals surface area contributed by atoms with Crippen LogP contribution in [0, 0.1) is 0 Å². The van der Waals surface area contributed by atoms with Crippen LogP contribution in [-0.4, -0.2) is 43.4 Å². The number of methoxy groups -OCH3 is 1. The average Bonchev–Trinajstić information content (AvgIpc) is 2.73. The minimum atomic E-state index is -0.426. The Morgan fingerprint density at radius 2 is 2.17 bits per heavy atom. The van der Waals surface area contributed by atoms with Gasteiger partial charge in [0.1, 0.15) is 0 Å². The number of rotatable bonds is 6. The van der Waals surface area contributed by atoms with Crippen molar-refractivity contribution in [2.24, 2.45) is 0 Å². The van der Waals surface area contributed by atoms with Crippen molar-refractivity contribution in [3.63, 3.8) is 0 Å². The van der Waals surface area contributed by atoms with Crippen LogP contribution in [0.15, 0.2) is 29.6 Å². The van der Waals surface area contributed by atoms with Gasteiger partial charge in [0.25, 0.3) is 0 Å². The summed E-state index contributed by atoms with van der Waals surface area (Å²) in [4.78, 5) is 2.12. The number of nitrogens with zero attached hydrogens (tertiary/aromatic N) is 1. The fourth-order valence-corrected chi connectivity index (χ4v) is 3.07. The molecule has 2 rings (SSSR count). The van der Waals surface area contributed by atoms with Gasteiger partial charge in [0.05, 0.1) is 12.7 Å². The van der Waals surface area contributed by atoms with Crippen LogP contribution in [0.1, 0.15) is 5.56 Å². The third kappa shape index (κ3) is 3.29. The average molecular weight is 265 g/mol. The largest absolute Gasteiger partial charge is 0.389 e. The van der Waals surface area contributed by atoms with Gasteiger partial charge >= 0.3 is 0 Å². The number of fused-ring (bicyclic) bond motifs is 1. The highest BCUT2D eigenvalue weighted by Gasteiger charge is 2.10. The highest BCUT2D eigenvalue weighted by molar-refractivity contribution is 7.17. The van der Waals surface area contributed by atoms with Crippen LogP contribution in [0.25, 0.3) is 10.1 Å². The van der Waals surface area contributed by atoms with Crippen LogP contribution in [0.2, 0.25) is 0 Å². The second-order valence-corrected chi connectivity index (χ2v) is 5.47. The summed E-state index contributed by atoms with van der Waals surface area (Å²) in [5.41, 5.74) is 1.32. The first-order chi connectivity index (χ1) is 8.70. The Hall–Kier alpha value is -0.940. The smallest absolute Gasteiger partial charge is 0.0900 e. The molecule has 0 saturated heterocycles. The first kappa shape index (κ1) is 13.5. The number of aliphatic hydroxyl groups is 1. The highest BCUT2D eigenvalue weighted by atomic mass is 32.1. The molecule has 0 aliphatic carbocycles. The summed E-state index contributed by atoms with van der Waals surface area (Å²) in [5.74, 6) is 0. The standard InChI is InChI=1S/C14H19NO2S/c1-15(8-12(16)9-17-2)7-11-10-18-14-6-4-3-5-13(11)14/h3-6,10,12,16H,7-9H2,1-2H3. The topological polar surface area (TPSA) is 32.7 Å².